The fourth-order valence-corrected chi connectivity index (χ4v) is 3.62. The monoisotopic (exact) mass is 506 g/mol. The van der Waals surface area contributed by atoms with E-state index < -0.39 is 5.41 Å². The first-order chi connectivity index (χ1) is 18.0. The summed E-state index contributed by atoms with van der Waals surface area (Å²) in [6, 6.07) is 0. The summed E-state index contributed by atoms with van der Waals surface area (Å²) in [5.41, 5.74) is 6.23. The molecule has 0 bridgehead atoms. The van der Waals surface area contributed by atoms with Crippen LogP contribution in [0.25, 0.3) is 0 Å². The van der Waals surface area contributed by atoms with E-state index in [9.17, 15) is 0 Å². The maximum atomic E-state index is 5.35. The molecule has 0 amide bonds. The van der Waals surface area contributed by atoms with E-state index in [0.29, 0.717) is 39.9 Å². The van der Waals surface area contributed by atoms with Crippen LogP contribution in [0.2, 0.25) is 0 Å². The Morgan fingerprint density at radius 2 is 1.55 bits per heavy atom. The molecule has 0 unspecified atom stereocenters. The van der Waals surface area contributed by atoms with Gasteiger partial charge >= 0.3 is 0 Å². The van der Waals surface area contributed by atoms with Gasteiger partial charge < -0.3 is 9.15 Å². The summed E-state index contributed by atoms with van der Waals surface area (Å²) in [5, 5.41) is 0. The fraction of sp³-hybridized carbons (Fsp3) is 0.125. The zero-order valence-electron chi connectivity index (χ0n) is 22.3. The normalized spacial score (nSPS) is 17.6. The highest BCUT2D eigenvalue weighted by Crippen LogP contribution is 2.52. The van der Waals surface area contributed by atoms with Crippen molar-refractivity contribution in [2.75, 3.05) is 6.61 Å². The molecule has 0 aliphatic heterocycles. The van der Waals surface area contributed by atoms with Gasteiger partial charge in [-0.15, -0.1) is 0 Å². The number of ether oxygens (including phenoxy) is 1. The topological polar surface area (TPSA) is 72.3 Å². The summed E-state index contributed by atoms with van der Waals surface area (Å²) >= 11 is 0. The second-order valence-corrected chi connectivity index (χ2v) is 8.77. The molecule has 0 aromatic carbocycles. The first-order valence-electron chi connectivity index (χ1n) is 11.6. The Labute approximate surface area is 225 Å². The van der Waals surface area contributed by atoms with Crippen molar-refractivity contribution >= 4 is 18.1 Å². The molecule has 1 heterocycles. The van der Waals surface area contributed by atoms with Crippen LogP contribution in [0.5, 0.6) is 0 Å². The second-order valence-electron chi connectivity index (χ2n) is 8.77. The van der Waals surface area contributed by atoms with Gasteiger partial charge in [-0.25, -0.2) is 15.0 Å². The molecule has 0 spiro atoms. The number of allylic oxidation sites excluding steroid dienone is 7. The van der Waals surface area contributed by atoms with Crippen LogP contribution >= 0.6 is 0 Å². The number of rotatable bonds is 13. The molecule has 6 nitrogen and oxygen atoms in total. The van der Waals surface area contributed by atoms with E-state index in [1.54, 1.807) is 12.2 Å². The van der Waals surface area contributed by atoms with Crippen molar-refractivity contribution in [1.82, 2.24) is 4.98 Å². The lowest BCUT2D eigenvalue weighted by Crippen LogP contribution is -2.12. The molecule has 1 aliphatic carbocycles. The summed E-state index contributed by atoms with van der Waals surface area (Å²) in [7, 11) is 0. The van der Waals surface area contributed by atoms with Crippen LogP contribution in [0.4, 0.5) is 0 Å². The standard InChI is InChI=1S/C32H34N4O2/c1-12-27(20-37-16-14-33-11)35-25(7)21(3)18-28-23(5)24(6)29(32(28,9)10)19-22(4)26(8)36-30(13-2)31-34-15-17-38-31/h12-19H,1-8,11,20H2,9-10H3/b16-14-,28-18+,29-19+,35-27?,36-30?. The minimum absolute atomic E-state index is 0.207. The van der Waals surface area contributed by atoms with Gasteiger partial charge in [-0.3, -0.25) is 4.99 Å². The quantitative estimate of drug-likeness (QED) is 0.157. The molecule has 194 valence electrons. The van der Waals surface area contributed by atoms with Gasteiger partial charge in [-0.1, -0.05) is 66.5 Å². The average Bonchev–Trinajstić information content (AvgIpc) is 3.48. The maximum absolute atomic E-state index is 5.35. The predicted molar refractivity (Wildman–Crippen MR) is 160 cm³/mol. The number of hydrogen-bond donors (Lipinski definition) is 0. The maximum Gasteiger partial charge on any atom is 0.244 e. The highest BCUT2D eigenvalue weighted by molar-refractivity contribution is 6.05. The Kier molecular flexibility index (Phi) is 9.99. The minimum atomic E-state index is -0.454. The highest BCUT2D eigenvalue weighted by atomic mass is 16.5. The minimum Gasteiger partial charge on any atom is -0.493 e. The number of aromatic nitrogens is 1. The zero-order valence-corrected chi connectivity index (χ0v) is 22.3. The second kappa shape index (κ2) is 12.9. The van der Waals surface area contributed by atoms with Crippen molar-refractivity contribution in [3.05, 3.63) is 153 Å². The molecular formula is C32H34N4O2. The molecule has 6 heteroatoms. The van der Waals surface area contributed by atoms with Gasteiger partial charge in [0.2, 0.25) is 5.89 Å². The van der Waals surface area contributed by atoms with Crippen LogP contribution in [-0.4, -0.2) is 29.7 Å². The van der Waals surface area contributed by atoms with Crippen molar-refractivity contribution in [3.63, 3.8) is 0 Å². The Bertz CT molecular complexity index is 1370. The first-order valence-corrected chi connectivity index (χ1v) is 11.6. The SMILES string of the molecule is C=CC(CO/C=C\N=C)=NC(=C)C(=C)/C=C1\C(=C)C(=C)/C(=C\C(=C)C(=C)N=C(C=C)c2ncco2)C1(C)C. The molecular weight excluding hydrogens is 472 g/mol. The Balaban J connectivity index is 2.31. The van der Waals surface area contributed by atoms with Crippen molar-refractivity contribution in [2.45, 2.75) is 13.8 Å². The first kappa shape index (κ1) is 29.4. The molecule has 1 aromatic rings. The summed E-state index contributed by atoms with van der Waals surface area (Å²) in [4.78, 5) is 16.7. The molecule has 2 rings (SSSR count). The van der Waals surface area contributed by atoms with E-state index in [1.165, 1.54) is 24.9 Å². The Hall–Kier alpha value is -4.84. The van der Waals surface area contributed by atoms with Crippen LogP contribution in [-0.2, 0) is 4.74 Å². The molecule has 1 fully saturated rings. The van der Waals surface area contributed by atoms with Crippen LogP contribution in [0.15, 0.2) is 166 Å². The van der Waals surface area contributed by atoms with Crippen molar-refractivity contribution in [2.24, 2.45) is 20.4 Å². The van der Waals surface area contributed by atoms with Gasteiger partial charge in [-0.05, 0) is 64.5 Å². The van der Waals surface area contributed by atoms with Gasteiger partial charge in [-0.2, -0.15) is 0 Å². The fourth-order valence-electron chi connectivity index (χ4n) is 3.62. The number of hydrogen-bond acceptors (Lipinski definition) is 6. The molecule has 1 saturated carbocycles. The van der Waals surface area contributed by atoms with Crippen molar-refractivity contribution in [3.8, 4) is 0 Å². The van der Waals surface area contributed by atoms with E-state index in [-0.39, 0.29) is 6.61 Å². The van der Waals surface area contributed by atoms with Crippen LogP contribution in [0, 0.1) is 5.41 Å². The molecule has 0 N–H and O–H groups in total. The average molecular weight is 507 g/mol. The smallest absolute Gasteiger partial charge is 0.244 e. The molecule has 0 atom stereocenters. The third-order valence-corrected chi connectivity index (χ3v) is 5.85. The van der Waals surface area contributed by atoms with Crippen LogP contribution in [0.3, 0.4) is 0 Å². The van der Waals surface area contributed by atoms with Gasteiger partial charge in [0, 0.05) is 5.41 Å². The number of nitrogens with zero attached hydrogens (tertiary/aromatic N) is 4. The van der Waals surface area contributed by atoms with Crippen LogP contribution in [0.1, 0.15) is 19.7 Å². The van der Waals surface area contributed by atoms with E-state index in [4.69, 9.17) is 9.15 Å². The summed E-state index contributed by atoms with van der Waals surface area (Å²) in [6.45, 7) is 40.3. The lowest BCUT2D eigenvalue weighted by atomic mass is 9.81. The van der Waals surface area contributed by atoms with Crippen molar-refractivity contribution in [1.29, 1.82) is 0 Å². The molecule has 0 radical (unpaired) electrons. The molecule has 38 heavy (non-hydrogen) atoms. The summed E-state index contributed by atoms with van der Waals surface area (Å²) in [5.74, 6) is 0.351. The van der Waals surface area contributed by atoms with E-state index in [1.807, 2.05) is 12.2 Å². The van der Waals surface area contributed by atoms with Gasteiger partial charge in [0.1, 0.15) is 24.8 Å². The molecule has 1 aliphatic rings. The predicted octanol–water partition coefficient (Wildman–Crippen LogP) is 7.61. The zero-order chi connectivity index (χ0) is 28.5. The van der Waals surface area contributed by atoms with E-state index in [2.05, 4.69) is 93.2 Å². The lowest BCUT2D eigenvalue weighted by Gasteiger charge is -2.23. The third kappa shape index (κ3) is 6.89. The third-order valence-electron chi connectivity index (χ3n) is 5.85. The molecule has 1 aromatic heterocycles. The highest BCUT2D eigenvalue weighted by Gasteiger charge is 2.39. The Morgan fingerprint density at radius 3 is 2.03 bits per heavy atom. The largest absolute Gasteiger partial charge is 0.493 e. The van der Waals surface area contributed by atoms with Gasteiger partial charge in [0.05, 0.1) is 29.5 Å². The lowest BCUT2D eigenvalue weighted by molar-refractivity contribution is 0.302. The number of aliphatic imine (C=N–C) groups is 3. The summed E-state index contributed by atoms with van der Waals surface area (Å²) < 4.78 is 10.7. The van der Waals surface area contributed by atoms with Gasteiger partial charge in [0.25, 0.3) is 0 Å². The van der Waals surface area contributed by atoms with E-state index in [0.717, 1.165) is 22.3 Å². The molecule has 0 saturated heterocycles. The van der Waals surface area contributed by atoms with Gasteiger partial charge in [0.15, 0.2) is 0 Å². The van der Waals surface area contributed by atoms with Crippen LogP contribution < -0.4 is 0 Å². The van der Waals surface area contributed by atoms with Crippen molar-refractivity contribution < 1.29 is 9.15 Å². The summed E-state index contributed by atoms with van der Waals surface area (Å²) in [6.07, 6.45) is 12.9. The number of oxazole rings is 1. The van der Waals surface area contributed by atoms with E-state index >= 15 is 0 Å². The Morgan fingerprint density at radius 1 is 0.974 bits per heavy atom.